The van der Waals surface area contributed by atoms with Crippen LogP contribution >= 0.6 is 0 Å². The number of aryl methyl sites for hydroxylation is 3. The molecule has 2 aromatic carbocycles. The van der Waals surface area contributed by atoms with Crippen molar-refractivity contribution >= 4 is 16.8 Å². The van der Waals surface area contributed by atoms with Crippen LogP contribution in [0.25, 0.3) is 10.9 Å². The summed E-state index contributed by atoms with van der Waals surface area (Å²) in [6, 6.07) is 11.5. The minimum absolute atomic E-state index is 0.0686. The number of hydrogen-bond acceptors (Lipinski definition) is 5. The Morgan fingerprint density at radius 2 is 2.03 bits per heavy atom. The summed E-state index contributed by atoms with van der Waals surface area (Å²) < 4.78 is 11.5. The van der Waals surface area contributed by atoms with Crippen molar-refractivity contribution in [2.24, 2.45) is 0 Å². The molecule has 1 aliphatic heterocycles. The van der Waals surface area contributed by atoms with E-state index in [0.717, 1.165) is 52.1 Å². The topological polar surface area (TPSA) is 73.3 Å². The molecule has 0 bridgehead atoms. The molecule has 1 fully saturated rings. The van der Waals surface area contributed by atoms with E-state index in [4.69, 9.17) is 9.47 Å². The Bertz CT molecular complexity index is 1060. The number of ether oxygens (including phenoxy) is 2. The van der Waals surface area contributed by atoms with Crippen molar-refractivity contribution in [3.63, 3.8) is 0 Å². The molecule has 0 saturated carbocycles. The lowest BCUT2D eigenvalue weighted by Crippen LogP contribution is -2.24. The maximum Gasteiger partial charge on any atom is 0.251 e. The molecule has 0 aliphatic carbocycles. The van der Waals surface area contributed by atoms with Crippen LogP contribution in [0, 0.1) is 20.8 Å². The van der Waals surface area contributed by atoms with Crippen molar-refractivity contribution < 1.29 is 14.3 Å². The maximum atomic E-state index is 12.8. The second kappa shape index (κ2) is 8.17. The minimum atomic E-state index is -0.128. The zero-order valence-electron chi connectivity index (χ0n) is 17.0. The lowest BCUT2D eigenvalue weighted by molar-refractivity contribution is 0.0950. The Hall–Kier alpha value is -2.99. The Morgan fingerprint density at radius 3 is 2.83 bits per heavy atom. The van der Waals surface area contributed by atoms with Crippen molar-refractivity contribution in [1.82, 2.24) is 15.5 Å². The normalized spacial score (nSPS) is 16.2. The first kappa shape index (κ1) is 19.3. The Morgan fingerprint density at radius 1 is 1.17 bits per heavy atom. The summed E-state index contributed by atoms with van der Waals surface area (Å²) in [6.07, 6.45) is 0.956. The van der Waals surface area contributed by atoms with Gasteiger partial charge in [-0.3, -0.25) is 4.79 Å². The van der Waals surface area contributed by atoms with Crippen LogP contribution in [0.4, 0.5) is 0 Å². The van der Waals surface area contributed by atoms with Crippen LogP contribution in [0.15, 0.2) is 36.4 Å². The van der Waals surface area contributed by atoms with E-state index in [2.05, 4.69) is 15.5 Å². The van der Waals surface area contributed by atoms with Crippen molar-refractivity contribution in [2.75, 3.05) is 13.2 Å². The summed E-state index contributed by atoms with van der Waals surface area (Å²) in [5, 5.41) is 12.3. The van der Waals surface area contributed by atoms with Gasteiger partial charge in [-0.15, -0.1) is 0 Å². The summed E-state index contributed by atoms with van der Waals surface area (Å²) in [4.78, 5) is 12.8. The number of carbonyl (C=O) groups is 1. The standard InChI is InChI=1S/C23H25N3O3/c1-14-4-5-18(22(10-14)29-19-8-9-28-13-19)12-24-23(27)17-6-7-21-20(11-17)15(2)16(3)25-26-21/h4-7,10-11,19H,8-9,12-13H2,1-3H3,(H,24,27). The van der Waals surface area contributed by atoms with Crippen LogP contribution in [0.3, 0.4) is 0 Å². The van der Waals surface area contributed by atoms with Gasteiger partial charge in [0.25, 0.3) is 5.91 Å². The lowest BCUT2D eigenvalue weighted by atomic mass is 10.1. The van der Waals surface area contributed by atoms with Crippen LogP contribution in [-0.4, -0.2) is 35.4 Å². The van der Waals surface area contributed by atoms with Gasteiger partial charge in [0, 0.05) is 29.5 Å². The van der Waals surface area contributed by atoms with Crippen LogP contribution in [0.5, 0.6) is 5.75 Å². The SMILES string of the molecule is Cc1ccc(CNC(=O)c2ccc3nnc(C)c(C)c3c2)c(OC2CCOC2)c1. The summed E-state index contributed by atoms with van der Waals surface area (Å²) >= 11 is 0. The molecule has 1 N–H and O–H groups in total. The zero-order valence-corrected chi connectivity index (χ0v) is 17.0. The van der Waals surface area contributed by atoms with E-state index in [1.165, 1.54) is 0 Å². The number of benzene rings is 2. The van der Waals surface area contributed by atoms with Gasteiger partial charge in [0.1, 0.15) is 11.9 Å². The van der Waals surface area contributed by atoms with E-state index >= 15 is 0 Å². The molecule has 1 aromatic heterocycles. The molecule has 1 amide bonds. The second-order valence-electron chi connectivity index (χ2n) is 7.54. The molecule has 4 rings (SSSR count). The van der Waals surface area contributed by atoms with E-state index in [1.54, 1.807) is 6.07 Å². The number of hydrogen-bond donors (Lipinski definition) is 1. The quantitative estimate of drug-likeness (QED) is 0.719. The summed E-state index contributed by atoms with van der Waals surface area (Å²) in [6.45, 7) is 7.68. The molecule has 1 aliphatic rings. The fourth-order valence-electron chi connectivity index (χ4n) is 3.44. The third-order valence-electron chi connectivity index (χ3n) is 5.36. The number of nitrogens with one attached hydrogen (secondary N) is 1. The van der Waals surface area contributed by atoms with Crippen LogP contribution in [-0.2, 0) is 11.3 Å². The molecule has 1 atom stereocenters. The number of aromatic nitrogens is 2. The maximum absolute atomic E-state index is 12.8. The smallest absolute Gasteiger partial charge is 0.251 e. The summed E-state index contributed by atoms with van der Waals surface area (Å²) in [7, 11) is 0. The number of fused-ring (bicyclic) bond motifs is 1. The molecular formula is C23H25N3O3. The van der Waals surface area contributed by atoms with Gasteiger partial charge >= 0.3 is 0 Å². The van der Waals surface area contributed by atoms with E-state index < -0.39 is 0 Å². The first-order valence-corrected chi connectivity index (χ1v) is 9.87. The van der Waals surface area contributed by atoms with Crippen LogP contribution in [0.2, 0.25) is 0 Å². The Kier molecular flexibility index (Phi) is 5.45. The van der Waals surface area contributed by atoms with E-state index in [0.29, 0.717) is 18.7 Å². The predicted molar refractivity (Wildman–Crippen MR) is 111 cm³/mol. The van der Waals surface area contributed by atoms with Crippen molar-refractivity contribution in [3.8, 4) is 5.75 Å². The highest BCUT2D eigenvalue weighted by molar-refractivity contribution is 5.98. The molecule has 1 saturated heterocycles. The molecule has 3 aromatic rings. The fraction of sp³-hybridized carbons (Fsp3) is 0.348. The highest BCUT2D eigenvalue weighted by Crippen LogP contribution is 2.24. The second-order valence-corrected chi connectivity index (χ2v) is 7.54. The van der Waals surface area contributed by atoms with Gasteiger partial charge in [-0.2, -0.15) is 10.2 Å². The first-order valence-electron chi connectivity index (χ1n) is 9.87. The van der Waals surface area contributed by atoms with Gasteiger partial charge in [0.2, 0.25) is 0 Å². The van der Waals surface area contributed by atoms with E-state index in [9.17, 15) is 4.79 Å². The highest BCUT2D eigenvalue weighted by Gasteiger charge is 2.19. The zero-order chi connectivity index (χ0) is 20.4. The molecular weight excluding hydrogens is 366 g/mol. The van der Waals surface area contributed by atoms with E-state index in [1.807, 2.05) is 51.1 Å². The molecule has 150 valence electrons. The number of nitrogens with zero attached hydrogens (tertiary/aromatic N) is 2. The van der Waals surface area contributed by atoms with Crippen LogP contribution < -0.4 is 10.1 Å². The molecule has 1 unspecified atom stereocenters. The molecule has 6 nitrogen and oxygen atoms in total. The minimum Gasteiger partial charge on any atom is -0.488 e. The molecule has 0 radical (unpaired) electrons. The van der Waals surface area contributed by atoms with Crippen molar-refractivity contribution in [3.05, 3.63) is 64.3 Å². The Balaban J connectivity index is 1.51. The number of carbonyl (C=O) groups excluding carboxylic acids is 1. The monoisotopic (exact) mass is 391 g/mol. The lowest BCUT2D eigenvalue weighted by Gasteiger charge is -2.17. The fourth-order valence-corrected chi connectivity index (χ4v) is 3.44. The summed E-state index contributed by atoms with van der Waals surface area (Å²) in [5.41, 5.74) is 5.37. The average Bonchev–Trinajstić information content (AvgIpc) is 3.23. The highest BCUT2D eigenvalue weighted by atomic mass is 16.5. The molecule has 2 heterocycles. The van der Waals surface area contributed by atoms with Gasteiger partial charge in [0.05, 0.1) is 24.4 Å². The van der Waals surface area contributed by atoms with E-state index in [-0.39, 0.29) is 12.0 Å². The number of rotatable bonds is 5. The van der Waals surface area contributed by atoms with Crippen LogP contribution in [0.1, 0.15) is 39.2 Å². The Labute approximate surface area is 170 Å². The predicted octanol–water partition coefficient (Wildman–Crippen LogP) is 3.65. The largest absolute Gasteiger partial charge is 0.488 e. The molecule has 6 heteroatoms. The third-order valence-corrected chi connectivity index (χ3v) is 5.36. The third kappa shape index (κ3) is 4.22. The number of amides is 1. The summed E-state index contributed by atoms with van der Waals surface area (Å²) in [5.74, 6) is 0.678. The van der Waals surface area contributed by atoms with Gasteiger partial charge < -0.3 is 14.8 Å². The van der Waals surface area contributed by atoms with Crippen molar-refractivity contribution in [2.45, 2.75) is 39.8 Å². The first-order chi connectivity index (χ1) is 14.0. The molecule has 29 heavy (non-hydrogen) atoms. The average molecular weight is 391 g/mol. The van der Waals surface area contributed by atoms with Gasteiger partial charge in [-0.25, -0.2) is 0 Å². The van der Waals surface area contributed by atoms with Gasteiger partial charge in [-0.1, -0.05) is 12.1 Å². The van der Waals surface area contributed by atoms with Gasteiger partial charge in [-0.05, 0) is 56.2 Å². The molecule has 0 spiro atoms. The van der Waals surface area contributed by atoms with Crippen molar-refractivity contribution in [1.29, 1.82) is 0 Å². The van der Waals surface area contributed by atoms with Gasteiger partial charge in [0.15, 0.2) is 0 Å².